The van der Waals surface area contributed by atoms with Crippen molar-refractivity contribution in [1.82, 2.24) is 0 Å². The zero-order valence-electron chi connectivity index (χ0n) is 10.6. The minimum Gasteiger partial charge on any atom is -0.497 e. The van der Waals surface area contributed by atoms with Crippen LogP contribution in [0.3, 0.4) is 0 Å². The summed E-state index contributed by atoms with van der Waals surface area (Å²) in [7, 11) is 1.62. The third-order valence-electron chi connectivity index (χ3n) is 2.75. The van der Waals surface area contributed by atoms with Gasteiger partial charge in [-0.15, -0.1) is 0 Å². The third-order valence-corrected chi connectivity index (χ3v) is 2.75. The number of hydrogen-bond donors (Lipinski definition) is 1. The van der Waals surface area contributed by atoms with Crippen molar-refractivity contribution >= 4 is 5.97 Å². The van der Waals surface area contributed by atoms with E-state index in [0.29, 0.717) is 18.8 Å². The number of carboxylic acids is 1. The van der Waals surface area contributed by atoms with Crippen LogP contribution in [0, 0.1) is 11.8 Å². The second-order valence-electron chi connectivity index (χ2n) is 4.72. The average Bonchev–Trinajstić information content (AvgIpc) is 2.28. The normalized spacial score (nSPS) is 12.5. The molecule has 1 atom stereocenters. The summed E-state index contributed by atoms with van der Waals surface area (Å²) in [5.74, 6) is 0.178. The van der Waals surface area contributed by atoms with Gasteiger partial charge >= 0.3 is 5.97 Å². The van der Waals surface area contributed by atoms with Crippen molar-refractivity contribution in [1.29, 1.82) is 0 Å². The van der Waals surface area contributed by atoms with Crippen LogP contribution in [0.25, 0.3) is 0 Å². The lowest BCUT2D eigenvalue weighted by atomic mass is 9.91. The van der Waals surface area contributed by atoms with Gasteiger partial charge < -0.3 is 9.84 Å². The van der Waals surface area contributed by atoms with Gasteiger partial charge in [0.05, 0.1) is 13.0 Å². The van der Waals surface area contributed by atoms with Gasteiger partial charge in [-0.3, -0.25) is 4.79 Å². The van der Waals surface area contributed by atoms with E-state index in [2.05, 4.69) is 0 Å². The van der Waals surface area contributed by atoms with Gasteiger partial charge in [0.25, 0.3) is 0 Å². The SMILES string of the molecule is COc1ccc(C[C@@H](CC(C)C)C(=O)O)cc1. The molecule has 0 radical (unpaired) electrons. The molecule has 1 rings (SSSR count). The van der Waals surface area contributed by atoms with Gasteiger partial charge in [-0.05, 0) is 36.5 Å². The van der Waals surface area contributed by atoms with E-state index >= 15 is 0 Å². The molecule has 1 aromatic carbocycles. The first-order valence-electron chi connectivity index (χ1n) is 5.88. The summed E-state index contributed by atoms with van der Waals surface area (Å²) in [5.41, 5.74) is 1.04. The van der Waals surface area contributed by atoms with Crippen LogP contribution < -0.4 is 4.74 Å². The summed E-state index contributed by atoms with van der Waals surface area (Å²) in [4.78, 5) is 11.1. The highest BCUT2D eigenvalue weighted by atomic mass is 16.5. The van der Waals surface area contributed by atoms with Crippen molar-refractivity contribution in [2.24, 2.45) is 11.8 Å². The van der Waals surface area contributed by atoms with Crippen LogP contribution in [0.4, 0.5) is 0 Å². The average molecular weight is 236 g/mol. The van der Waals surface area contributed by atoms with E-state index < -0.39 is 5.97 Å². The minimum atomic E-state index is -0.713. The monoisotopic (exact) mass is 236 g/mol. The Hall–Kier alpha value is -1.51. The van der Waals surface area contributed by atoms with Crippen molar-refractivity contribution in [2.45, 2.75) is 26.7 Å². The maximum absolute atomic E-state index is 11.1. The molecular formula is C14H20O3. The number of ether oxygens (including phenoxy) is 1. The van der Waals surface area contributed by atoms with Crippen molar-refractivity contribution in [3.8, 4) is 5.75 Å². The molecule has 0 amide bonds. The summed E-state index contributed by atoms with van der Waals surface area (Å²) < 4.78 is 5.07. The van der Waals surface area contributed by atoms with Gasteiger partial charge in [-0.2, -0.15) is 0 Å². The highest BCUT2D eigenvalue weighted by Crippen LogP contribution is 2.19. The lowest BCUT2D eigenvalue weighted by Crippen LogP contribution is -2.18. The highest BCUT2D eigenvalue weighted by Gasteiger charge is 2.19. The van der Waals surface area contributed by atoms with Crippen LogP contribution >= 0.6 is 0 Å². The fourth-order valence-corrected chi connectivity index (χ4v) is 1.89. The number of carboxylic acid groups (broad SMARTS) is 1. The lowest BCUT2D eigenvalue weighted by Gasteiger charge is -2.14. The molecule has 0 saturated carbocycles. The number of hydrogen-bond acceptors (Lipinski definition) is 2. The van der Waals surface area contributed by atoms with E-state index in [9.17, 15) is 4.79 Å². The molecule has 0 aliphatic carbocycles. The van der Waals surface area contributed by atoms with E-state index in [1.165, 1.54) is 0 Å². The molecule has 17 heavy (non-hydrogen) atoms. The molecule has 0 saturated heterocycles. The van der Waals surface area contributed by atoms with Crippen molar-refractivity contribution in [2.75, 3.05) is 7.11 Å². The molecule has 94 valence electrons. The topological polar surface area (TPSA) is 46.5 Å². The quantitative estimate of drug-likeness (QED) is 0.826. The molecule has 0 heterocycles. The Bertz CT molecular complexity index is 354. The molecule has 3 nitrogen and oxygen atoms in total. The number of rotatable bonds is 6. The van der Waals surface area contributed by atoms with Crippen molar-refractivity contribution < 1.29 is 14.6 Å². The van der Waals surface area contributed by atoms with Gasteiger partial charge in [0.15, 0.2) is 0 Å². The molecule has 1 N–H and O–H groups in total. The van der Waals surface area contributed by atoms with Gasteiger partial charge in [-0.1, -0.05) is 26.0 Å². The van der Waals surface area contributed by atoms with Crippen LogP contribution in [-0.4, -0.2) is 18.2 Å². The number of carbonyl (C=O) groups is 1. The summed E-state index contributed by atoms with van der Waals surface area (Å²) in [6.07, 6.45) is 1.29. The van der Waals surface area contributed by atoms with E-state index in [-0.39, 0.29) is 5.92 Å². The Balaban J connectivity index is 2.68. The Kier molecular flexibility index (Phi) is 5.01. The fraction of sp³-hybridized carbons (Fsp3) is 0.500. The Labute approximate surface area is 102 Å². The molecule has 0 fully saturated rings. The summed E-state index contributed by atoms with van der Waals surface area (Å²) in [5, 5.41) is 9.16. The smallest absolute Gasteiger partial charge is 0.306 e. The summed E-state index contributed by atoms with van der Waals surface area (Å²) >= 11 is 0. The molecule has 1 aromatic rings. The molecule has 0 spiro atoms. The zero-order chi connectivity index (χ0) is 12.8. The van der Waals surface area contributed by atoms with Crippen LogP contribution in [0.1, 0.15) is 25.8 Å². The van der Waals surface area contributed by atoms with Crippen molar-refractivity contribution in [3.05, 3.63) is 29.8 Å². The van der Waals surface area contributed by atoms with Gasteiger partial charge in [0.2, 0.25) is 0 Å². The first-order valence-corrected chi connectivity index (χ1v) is 5.88. The number of methoxy groups -OCH3 is 1. The van der Waals surface area contributed by atoms with Crippen LogP contribution in [-0.2, 0) is 11.2 Å². The van der Waals surface area contributed by atoms with Gasteiger partial charge in [0, 0.05) is 0 Å². The zero-order valence-corrected chi connectivity index (χ0v) is 10.6. The molecule has 0 aliphatic rings. The minimum absolute atomic E-state index is 0.302. The number of aliphatic carboxylic acids is 1. The van der Waals surface area contributed by atoms with Gasteiger partial charge in [0.1, 0.15) is 5.75 Å². The largest absolute Gasteiger partial charge is 0.497 e. The summed E-state index contributed by atoms with van der Waals surface area (Å²) in [6.45, 7) is 4.09. The van der Waals surface area contributed by atoms with Crippen LogP contribution in [0.2, 0.25) is 0 Å². The first-order chi connectivity index (χ1) is 8.02. The Morgan fingerprint density at radius 2 is 1.88 bits per heavy atom. The predicted molar refractivity (Wildman–Crippen MR) is 67.3 cm³/mol. The van der Waals surface area contributed by atoms with E-state index in [4.69, 9.17) is 9.84 Å². The maximum Gasteiger partial charge on any atom is 0.306 e. The lowest BCUT2D eigenvalue weighted by molar-refractivity contribution is -0.142. The second kappa shape index (κ2) is 6.28. The van der Waals surface area contributed by atoms with Crippen molar-refractivity contribution in [3.63, 3.8) is 0 Å². The van der Waals surface area contributed by atoms with Gasteiger partial charge in [-0.25, -0.2) is 0 Å². The maximum atomic E-state index is 11.1. The molecule has 0 aromatic heterocycles. The standard InChI is InChI=1S/C14H20O3/c1-10(2)8-12(14(15)16)9-11-4-6-13(17-3)7-5-11/h4-7,10,12H,8-9H2,1-3H3,(H,15,16)/t12-/m1/s1. The Morgan fingerprint density at radius 3 is 2.29 bits per heavy atom. The molecule has 3 heteroatoms. The second-order valence-corrected chi connectivity index (χ2v) is 4.72. The number of benzene rings is 1. The van der Waals surface area contributed by atoms with Crippen LogP contribution in [0.15, 0.2) is 24.3 Å². The fourth-order valence-electron chi connectivity index (χ4n) is 1.89. The van der Waals surface area contributed by atoms with E-state index in [1.807, 2.05) is 38.1 Å². The molecule has 0 aliphatic heterocycles. The molecular weight excluding hydrogens is 216 g/mol. The van der Waals surface area contributed by atoms with Crippen LogP contribution in [0.5, 0.6) is 5.75 Å². The highest BCUT2D eigenvalue weighted by molar-refractivity contribution is 5.70. The van der Waals surface area contributed by atoms with E-state index in [1.54, 1.807) is 7.11 Å². The molecule has 0 unspecified atom stereocenters. The third kappa shape index (κ3) is 4.47. The Morgan fingerprint density at radius 1 is 1.29 bits per heavy atom. The molecule has 0 bridgehead atoms. The van der Waals surface area contributed by atoms with E-state index in [0.717, 1.165) is 11.3 Å². The first kappa shape index (κ1) is 13.6. The predicted octanol–water partition coefficient (Wildman–Crippen LogP) is 2.98. The summed E-state index contributed by atoms with van der Waals surface area (Å²) in [6, 6.07) is 7.58.